The van der Waals surface area contributed by atoms with Crippen LogP contribution < -0.4 is 10.2 Å². The highest BCUT2D eigenvalue weighted by Gasteiger charge is 2.03. The summed E-state index contributed by atoms with van der Waals surface area (Å²) in [5.41, 5.74) is 2.32. The van der Waals surface area contributed by atoms with Gasteiger partial charge in [0.25, 0.3) is 5.91 Å². The van der Waals surface area contributed by atoms with E-state index in [-0.39, 0.29) is 12.5 Å². The van der Waals surface area contributed by atoms with Gasteiger partial charge < -0.3 is 4.74 Å². The molecule has 1 N–H and O–H groups in total. The first-order valence-electron chi connectivity index (χ1n) is 5.37. The predicted molar refractivity (Wildman–Crippen MR) is 68.6 cm³/mol. The summed E-state index contributed by atoms with van der Waals surface area (Å²) in [6.07, 6.45) is 0. The van der Waals surface area contributed by atoms with Crippen molar-refractivity contribution in [3.8, 4) is 5.75 Å². The van der Waals surface area contributed by atoms with Crippen molar-refractivity contribution in [2.24, 2.45) is 5.92 Å². The number of hydroxylamine groups is 1. The fourth-order valence-electron chi connectivity index (χ4n) is 1.02. The molecule has 0 aromatic heterocycles. The Hall–Kier alpha value is -1.07. The van der Waals surface area contributed by atoms with E-state index in [1.807, 2.05) is 26.0 Å². The van der Waals surface area contributed by atoms with E-state index in [1.54, 1.807) is 12.1 Å². The number of hydrogen-bond donors (Lipinski definition) is 1. The molecule has 0 unspecified atom stereocenters. The number of halogens is 1. The molecule has 5 heteroatoms. The van der Waals surface area contributed by atoms with Crippen LogP contribution in [-0.2, 0) is 9.63 Å². The molecule has 0 aliphatic carbocycles. The van der Waals surface area contributed by atoms with Crippen LogP contribution in [0.25, 0.3) is 0 Å². The normalized spacial score (nSPS) is 10.4. The minimum atomic E-state index is -0.300. The molecule has 0 fully saturated rings. The Kier molecular flexibility index (Phi) is 6.00. The lowest BCUT2D eigenvalue weighted by atomic mass is 10.2. The number of carbonyl (C=O) groups excluding carboxylic acids is 1. The Morgan fingerprint density at radius 1 is 1.47 bits per heavy atom. The highest BCUT2D eigenvalue weighted by atomic mass is 79.9. The molecule has 0 bridgehead atoms. The van der Waals surface area contributed by atoms with Crippen molar-refractivity contribution in [1.82, 2.24) is 5.48 Å². The van der Waals surface area contributed by atoms with Gasteiger partial charge in [0.05, 0.1) is 6.61 Å². The van der Waals surface area contributed by atoms with Gasteiger partial charge >= 0.3 is 0 Å². The van der Waals surface area contributed by atoms with Gasteiger partial charge in [-0.3, -0.25) is 9.63 Å². The molecule has 1 rings (SSSR count). The minimum Gasteiger partial charge on any atom is -0.484 e. The van der Waals surface area contributed by atoms with Gasteiger partial charge in [-0.1, -0.05) is 35.8 Å². The molecule has 0 aliphatic rings. The van der Waals surface area contributed by atoms with Gasteiger partial charge in [0.2, 0.25) is 0 Å². The summed E-state index contributed by atoms with van der Waals surface area (Å²) in [7, 11) is 0. The van der Waals surface area contributed by atoms with Gasteiger partial charge in [-0.2, -0.15) is 0 Å². The fraction of sp³-hybridized carbons (Fsp3) is 0.417. The van der Waals surface area contributed by atoms with Crippen LogP contribution in [0, 0.1) is 5.92 Å². The van der Waals surface area contributed by atoms with E-state index in [2.05, 4.69) is 21.4 Å². The molecule has 0 saturated carbocycles. The zero-order chi connectivity index (χ0) is 12.7. The van der Waals surface area contributed by atoms with Gasteiger partial charge in [0, 0.05) is 4.47 Å². The average molecular weight is 302 g/mol. The quantitative estimate of drug-likeness (QED) is 0.822. The molecule has 1 aromatic carbocycles. The van der Waals surface area contributed by atoms with Crippen molar-refractivity contribution < 1.29 is 14.4 Å². The highest BCUT2D eigenvalue weighted by Crippen LogP contribution is 2.17. The van der Waals surface area contributed by atoms with Gasteiger partial charge in [-0.15, -0.1) is 0 Å². The molecule has 0 heterocycles. The van der Waals surface area contributed by atoms with Crippen LogP contribution in [0.2, 0.25) is 0 Å². The van der Waals surface area contributed by atoms with E-state index in [1.165, 1.54) is 0 Å². The van der Waals surface area contributed by atoms with E-state index >= 15 is 0 Å². The van der Waals surface area contributed by atoms with Crippen molar-refractivity contribution in [1.29, 1.82) is 0 Å². The standard InChI is InChI=1S/C12H16BrNO3/c1-9(2)7-17-14-12(15)8-16-11-5-3-4-10(13)6-11/h3-6,9H,7-8H2,1-2H3,(H,14,15). The van der Waals surface area contributed by atoms with Crippen LogP contribution in [-0.4, -0.2) is 19.1 Å². The second kappa shape index (κ2) is 7.29. The summed E-state index contributed by atoms with van der Waals surface area (Å²) in [5, 5.41) is 0. The van der Waals surface area contributed by atoms with Crippen LogP contribution >= 0.6 is 15.9 Å². The third-order valence-electron chi connectivity index (χ3n) is 1.77. The molecule has 0 saturated heterocycles. The molecule has 1 aromatic rings. The van der Waals surface area contributed by atoms with Crippen molar-refractivity contribution >= 4 is 21.8 Å². The first-order chi connectivity index (χ1) is 8.08. The predicted octanol–water partition coefficient (Wildman–Crippen LogP) is 2.53. The summed E-state index contributed by atoms with van der Waals surface area (Å²) in [6.45, 7) is 4.44. The van der Waals surface area contributed by atoms with Crippen LogP contribution in [0.4, 0.5) is 0 Å². The Bertz CT molecular complexity index is 369. The maximum absolute atomic E-state index is 11.3. The van der Waals surface area contributed by atoms with Gasteiger partial charge in [-0.05, 0) is 24.1 Å². The fourth-order valence-corrected chi connectivity index (χ4v) is 1.40. The van der Waals surface area contributed by atoms with Gasteiger partial charge in [0.1, 0.15) is 5.75 Å². The molecule has 0 atom stereocenters. The first-order valence-corrected chi connectivity index (χ1v) is 6.16. The highest BCUT2D eigenvalue weighted by molar-refractivity contribution is 9.10. The number of rotatable bonds is 6. The van der Waals surface area contributed by atoms with E-state index < -0.39 is 0 Å². The lowest BCUT2D eigenvalue weighted by Gasteiger charge is -2.09. The topological polar surface area (TPSA) is 47.6 Å². The van der Waals surface area contributed by atoms with Crippen molar-refractivity contribution in [3.05, 3.63) is 28.7 Å². The minimum absolute atomic E-state index is 0.0610. The van der Waals surface area contributed by atoms with Crippen LogP contribution in [0.15, 0.2) is 28.7 Å². The van der Waals surface area contributed by atoms with Crippen LogP contribution in [0.1, 0.15) is 13.8 Å². The Morgan fingerprint density at radius 3 is 2.88 bits per heavy atom. The van der Waals surface area contributed by atoms with Gasteiger partial charge in [-0.25, -0.2) is 5.48 Å². The van der Waals surface area contributed by atoms with Gasteiger partial charge in [0.15, 0.2) is 6.61 Å². The van der Waals surface area contributed by atoms with Crippen molar-refractivity contribution in [2.45, 2.75) is 13.8 Å². The summed E-state index contributed by atoms with van der Waals surface area (Å²) in [4.78, 5) is 16.3. The summed E-state index contributed by atoms with van der Waals surface area (Å²) in [6, 6.07) is 7.31. The molecule has 0 aliphatic heterocycles. The third-order valence-corrected chi connectivity index (χ3v) is 2.26. The summed E-state index contributed by atoms with van der Waals surface area (Å²) < 4.78 is 6.19. The molecular weight excluding hydrogens is 286 g/mol. The molecule has 0 spiro atoms. The molecule has 94 valence electrons. The zero-order valence-corrected chi connectivity index (χ0v) is 11.5. The second-order valence-electron chi connectivity index (χ2n) is 3.98. The number of ether oxygens (including phenoxy) is 1. The Morgan fingerprint density at radius 2 is 2.24 bits per heavy atom. The Labute approximate surface area is 109 Å². The number of benzene rings is 1. The SMILES string of the molecule is CC(C)CONC(=O)COc1cccc(Br)c1. The first kappa shape index (κ1) is 14.0. The molecule has 4 nitrogen and oxygen atoms in total. The third kappa shape index (κ3) is 6.28. The zero-order valence-electron chi connectivity index (χ0n) is 9.90. The number of hydrogen-bond acceptors (Lipinski definition) is 3. The smallest absolute Gasteiger partial charge is 0.281 e. The van der Waals surface area contributed by atoms with Crippen molar-refractivity contribution in [3.63, 3.8) is 0 Å². The molecule has 17 heavy (non-hydrogen) atoms. The summed E-state index contributed by atoms with van der Waals surface area (Å²) >= 11 is 3.32. The second-order valence-corrected chi connectivity index (χ2v) is 4.89. The number of carbonyl (C=O) groups is 1. The molecule has 1 amide bonds. The lowest BCUT2D eigenvalue weighted by Crippen LogP contribution is -2.30. The van der Waals surface area contributed by atoms with E-state index in [0.717, 1.165) is 4.47 Å². The summed E-state index contributed by atoms with van der Waals surface area (Å²) in [5.74, 6) is 0.713. The largest absolute Gasteiger partial charge is 0.484 e. The lowest BCUT2D eigenvalue weighted by molar-refractivity contribution is -0.136. The molecular formula is C12H16BrNO3. The monoisotopic (exact) mass is 301 g/mol. The van der Waals surface area contributed by atoms with Crippen LogP contribution in [0.5, 0.6) is 5.75 Å². The van der Waals surface area contributed by atoms with E-state index in [4.69, 9.17) is 9.57 Å². The van der Waals surface area contributed by atoms with Crippen molar-refractivity contribution in [2.75, 3.05) is 13.2 Å². The van der Waals surface area contributed by atoms with E-state index in [0.29, 0.717) is 18.3 Å². The number of nitrogens with one attached hydrogen (secondary N) is 1. The number of amides is 1. The van der Waals surface area contributed by atoms with Crippen LogP contribution in [0.3, 0.4) is 0 Å². The Balaban J connectivity index is 2.24. The molecule has 0 radical (unpaired) electrons. The maximum atomic E-state index is 11.3. The maximum Gasteiger partial charge on any atom is 0.281 e. The van der Waals surface area contributed by atoms with E-state index in [9.17, 15) is 4.79 Å². The average Bonchev–Trinajstić information content (AvgIpc) is 2.26.